The first-order chi connectivity index (χ1) is 20.7. The van der Waals surface area contributed by atoms with Gasteiger partial charge < -0.3 is 10.1 Å². The number of rotatable bonds is 10. The number of nitrogens with one attached hydrogen (secondary N) is 2. The fourth-order valence-corrected chi connectivity index (χ4v) is 6.06. The number of aromatic nitrogens is 3. The fourth-order valence-electron chi connectivity index (χ4n) is 5.11. The molecule has 224 valence electrons. The molecule has 3 heterocycles. The van der Waals surface area contributed by atoms with Crippen molar-refractivity contribution < 1.29 is 22.7 Å². The Morgan fingerprint density at radius 3 is 2.53 bits per heavy atom. The minimum Gasteiger partial charge on any atom is -0.449 e. The molecule has 0 saturated carbocycles. The summed E-state index contributed by atoms with van der Waals surface area (Å²) in [7, 11) is -3.94. The Balaban J connectivity index is 1.32. The number of fused-ring (bicyclic) bond motifs is 2. The maximum atomic E-state index is 13.7. The topological polar surface area (TPSA) is 143 Å². The van der Waals surface area contributed by atoms with Gasteiger partial charge in [-0.3, -0.25) is 14.7 Å². The molecule has 1 amide bonds. The summed E-state index contributed by atoms with van der Waals surface area (Å²) in [5.41, 5.74) is 3.87. The van der Waals surface area contributed by atoms with Gasteiger partial charge >= 0.3 is 5.97 Å². The van der Waals surface area contributed by atoms with Gasteiger partial charge in [-0.25, -0.2) is 27.9 Å². The first-order valence-corrected chi connectivity index (χ1v) is 15.7. The largest absolute Gasteiger partial charge is 0.449 e. The molecule has 11 nitrogen and oxygen atoms in total. The summed E-state index contributed by atoms with van der Waals surface area (Å²) in [6.07, 6.45) is 2.38. The van der Waals surface area contributed by atoms with Crippen molar-refractivity contribution in [2.75, 3.05) is 23.1 Å². The van der Waals surface area contributed by atoms with Crippen molar-refractivity contribution in [3.05, 3.63) is 83.3 Å². The van der Waals surface area contributed by atoms with Crippen molar-refractivity contribution in [2.45, 2.75) is 57.6 Å². The molecule has 0 spiro atoms. The van der Waals surface area contributed by atoms with Gasteiger partial charge in [0, 0.05) is 53.7 Å². The zero-order valence-electron chi connectivity index (χ0n) is 24.3. The smallest absolute Gasteiger partial charge is 0.340 e. The van der Waals surface area contributed by atoms with Crippen LogP contribution in [0.5, 0.6) is 0 Å². The normalized spacial score (nSPS) is 14.1. The second-order valence-corrected chi connectivity index (χ2v) is 12.1. The van der Waals surface area contributed by atoms with E-state index in [2.05, 4.69) is 31.8 Å². The Bertz CT molecular complexity index is 1760. The summed E-state index contributed by atoms with van der Waals surface area (Å²) in [6.45, 7) is 7.99. The molecular weight excluding hydrogens is 568 g/mol. The molecule has 2 aromatic heterocycles. The molecule has 4 aromatic rings. The number of esters is 1. The standard InChI is InChI=1S/C31H34N6O5S/c1-4-17-37-18-15-26-24(19-37)28(23-8-6-7-9-25(23)35-26)30(39)42-27(5-2)29(38)34-21-10-12-22(13-11-21)43(40,41)36-31-32-16-14-20(3)33-31/h6-14,16,27H,4-5,15,17-19H2,1-3H3,(H,34,38)(H,32,33,36). The molecule has 43 heavy (non-hydrogen) atoms. The number of carbonyl (C=O) groups excluding carboxylic acids is 2. The number of nitrogens with zero attached hydrogens (tertiary/aromatic N) is 4. The van der Waals surface area contributed by atoms with E-state index in [-0.39, 0.29) is 17.3 Å². The van der Waals surface area contributed by atoms with E-state index in [9.17, 15) is 18.0 Å². The zero-order chi connectivity index (χ0) is 30.6. The van der Waals surface area contributed by atoms with Crippen molar-refractivity contribution in [3.63, 3.8) is 0 Å². The van der Waals surface area contributed by atoms with Gasteiger partial charge in [0.15, 0.2) is 6.10 Å². The number of benzene rings is 2. The van der Waals surface area contributed by atoms with Crippen LogP contribution in [-0.4, -0.2) is 59.3 Å². The molecule has 0 saturated heterocycles. The lowest BCUT2D eigenvalue weighted by atomic mass is 9.95. The number of para-hydroxylation sites is 1. The van der Waals surface area contributed by atoms with Crippen molar-refractivity contribution in [2.24, 2.45) is 0 Å². The van der Waals surface area contributed by atoms with Crippen LogP contribution in [0.25, 0.3) is 10.9 Å². The zero-order valence-corrected chi connectivity index (χ0v) is 25.1. The molecular formula is C31H34N6O5S. The number of carbonyl (C=O) groups is 2. The molecule has 1 atom stereocenters. The van der Waals surface area contributed by atoms with E-state index in [4.69, 9.17) is 9.72 Å². The Kier molecular flexibility index (Phi) is 8.97. The van der Waals surface area contributed by atoms with Crippen LogP contribution >= 0.6 is 0 Å². The number of hydrogen-bond donors (Lipinski definition) is 2. The van der Waals surface area contributed by atoms with Gasteiger partial charge in [-0.2, -0.15) is 0 Å². The molecule has 0 fully saturated rings. The lowest BCUT2D eigenvalue weighted by molar-refractivity contribution is -0.124. The van der Waals surface area contributed by atoms with E-state index >= 15 is 0 Å². The second-order valence-electron chi connectivity index (χ2n) is 10.4. The third-order valence-corrected chi connectivity index (χ3v) is 8.58. The number of aryl methyl sites for hydroxylation is 1. The van der Waals surface area contributed by atoms with Crippen molar-refractivity contribution in [1.29, 1.82) is 0 Å². The highest BCUT2D eigenvalue weighted by molar-refractivity contribution is 7.92. The number of anilines is 2. The van der Waals surface area contributed by atoms with Crippen LogP contribution < -0.4 is 10.0 Å². The third-order valence-electron chi connectivity index (χ3n) is 7.23. The molecule has 1 aliphatic heterocycles. The van der Waals surface area contributed by atoms with Crippen LogP contribution in [0, 0.1) is 6.92 Å². The number of pyridine rings is 1. The number of amides is 1. The van der Waals surface area contributed by atoms with E-state index < -0.39 is 28.0 Å². The Morgan fingerprint density at radius 2 is 1.81 bits per heavy atom. The van der Waals surface area contributed by atoms with E-state index in [0.717, 1.165) is 37.2 Å². The quantitative estimate of drug-likeness (QED) is 0.251. The van der Waals surface area contributed by atoms with Crippen molar-refractivity contribution >= 4 is 44.4 Å². The fraction of sp³-hybridized carbons (Fsp3) is 0.323. The summed E-state index contributed by atoms with van der Waals surface area (Å²) < 4.78 is 33.7. The predicted molar refractivity (Wildman–Crippen MR) is 163 cm³/mol. The molecule has 12 heteroatoms. The van der Waals surface area contributed by atoms with Gasteiger partial charge in [0.1, 0.15) is 0 Å². The van der Waals surface area contributed by atoms with E-state index in [1.165, 1.54) is 30.5 Å². The SMILES string of the molecule is CCCN1CCc2nc3ccccc3c(C(=O)OC(CC)C(=O)Nc3ccc(S(=O)(=O)Nc4nccc(C)n4)cc3)c2C1. The number of sulfonamides is 1. The summed E-state index contributed by atoms with van der Waals surface area (Å²) >= 11 is 0. The molecule has 0 aliphatic carbocycles. The first-order valence-electron chi connectivity index (χ1n) is 14.3. The highest BCUT2D eigenvalue weighted by Gasteiger charge is 2.29. The van der Waals surface area contributed by atoms with Crippen LogP contribution in [0.4, 0.5) is 11.6 Å². The summed E-state index contributed by atoms with van der Waals surface area (Å²) in [5.74, 6) is -1.12. The van der Waals surface area contributed by atoms with Crippen LogP contribution in [0.15, 0.2) is 65.7 Å². The third kappa shape index (κ3) is 6.81. The van der Waals surface area contributed by atoms with Gasteiger partial charge in [-0.1, -0.05) is 32.0 Å². The lowest BCUT2D eigenvalue weighted by Crippen LogP contribution is -2.35. The molecule has 1 unspecified atom stereocenters. The number of ether oxygens (including phenoxy) is 1. The summed E-state index contributed by atoms with van der Waals surface area (Å²) in [5, 5.41) is 3.43. The Hall–Kier alpha value is -4.42. The molecule has 2 aromatic carbocycles. The van der Waals surface area contributed by atoms with Crippen molar-refractivity contribution in [3.8, 4) is 0 Å². The summed E-state index contributed by atoms with van der Waals surface area (Å²) in [6, 6.07) is 14.8. The van der Waals surface area contributed by atoms with Gasteiger partial charge in [0.2, 0.25) is 5.95 Å². The van der Waals surface area contributed by atoms with Crippen LogP contribution in [-0.2, 0) is 32.5 Å². The van der Waals surface area contributed by atoms with Crippen molar-refractivity contribution in [1.82, 2.24) is 19.9 Å². The molecule has 0 radical (unpaired) electrons. The average Bonchev–Trinajstić information content (AvgIpc) is 2.98. The van der Waals surface area contributed by atoms with Crippen LogP contribution in [0.3, 0.4) is 0 Å². The molecule has 1 aliphatic rings. The van der Waals surface area contributed by atoms with Crippen LogP contribution in [0.1, 0.15) is 54.0 Å². The molecule has 2 N–H and O–H groups in total. The predicted octanol–water partition coefficient (Wildman–Crippen LogP) is 4.48. The van der Waals surface area contributed by atoms with E-state index in [1.807, 2.05) is 24.3 Å². The average molecular weight is 603 g/mol. The monoisotopic (exact) mass is 602 g/mol. The summed E-state index contributed by atoms with van der Waals surface area (Å²) in [4.78, 5) is 42.0. The lowest BCUT2D eigenvalue weighted by Gasteiger charge is -2.30. The minimum atomic E-state index is -3.94. The first kappa shape index (κ1) is 30.1. The van der Waals surface area contributed by atoms with Gasteiger partial charge in [0.05, 0.1) is 16.0 Å². The Morgan fingerprint density at radius 1 is 1.05 bits per heavy atom. The molecule has 5 rings (SSSR count). The second kappa shape index (κ2) is 12.8. The van der Waals surface area contributed by atoms with Crippen LogP contribution in [0.2, 0.25) is 0 Å². The van der Waals surface area contributed by atoms with Gasteiger partial charge in [0.25, 0.3) is 15.9 Å². The van der Waals surface area contributed by atoms with E-state index in [0.29, 0.717) is 34.4 Å². The highest BCUT2D eigenvalue weighted by Crippen LogP contribution is 2.29. The van der Waals surface area contributed by atoms with E-state index in [1.54, 1.807) is 19.9 Å². The number of hydrogen-bond acceptors (Lipinski definition) is 9. The highest BCUT2D eigenvalue weighted by atomic mass is 32.2. The minimum absolute atomic E-state index is 0.0273. The van der Waals surface area contributed by atoms with Gasteiger partial charge in [-0.15, -0.1) is 0 Å². The maximum absolute atomic E-state index is 13.7. The maximum Gasteiger partial charge on any atom is 0.340 e. The molecule has 0 bridgehead atoms. The van der Waals surface area contributed by atoms with Gasteiger partial charge in [-0.05, 0) is 62.7 Å². The Labute approximate surface area is 250 Å².